The first-order valence-corrected chi connectivity index (χ1v) is 14.9. The molecule has 4 heterocycles. The van der Waals surface area contributed by atoms with Gasteiger partial charge in [-0.2, -0.15) is 0 Å². The summed E-state index contributed by atoms with van der Waals surface area (Å²) in [6.07, 6.45) is 0.356. The van der Waals surface area contributed by atoms with E-state index in [-0.39, 0.29) is 66.9 Å². The molecule has 2 saturated heterocycles. The molecule has 0 aromatic heterocycles. The number of hydrogen-bond donors (Lipinski definition) is 2. The zero-order chi connectivity index (χ0) is 35.4. The molecule has 17 heteroatoms. The topological polar surface area (TPSA) is 221 Å². The number of piperidine rings is 2. The molecule has 4 aliphatic rings. The van der Waals surface area contributed by atoms with Crippen molar-refractivity contribution >= 4 is 53.5 Å². The van der Waals surface area contributed by atoms with Gasteiger partial charge in [-0.25, -0.2) is 0 Å². The van der Waals surface area contributed by atoms with Crippen molar-refractivity contribution in [1.29, 1.82) is 0 Å². The standard InChI is InChI=1S/C17H18N2O7.C15H12N2O6/c1-24-14(25-2)8-26-9-3-4-10-11(7-9)17(23)19(16(10)22)12-5-6-13(20)18-15(12)21;18-5-6-23-8-1-2-9-10(7-8)15(22)17(14(9)21)11-3-4-12(19)16-13(11)20/h3-4,7,12,14H,5-6,8H2,1-2H3,(H,18,20,21);1-2,5,7,11H,3-4,6H2,(H,16,19,20). The van der Waals surface area contributed by atoms with Crippen molar-refractivity contribution in [3.63, 3.8) is 0 Å². The van der Waals surface area contributed by atoms with E-state index in [4.69, 9.17) is 18.9 Å². The number of benzene rings is 2. The molecule has 0 radical (unpaired) electrons. The summed E-state index contributed by atoms with van der Waals surface area (Å²) in [7, 11) is 2.94. The number of amides is 8. The first kappa shape index (κ1) is 34.5. The maximum Gasteiger partial charge on any atom is 0.262 e. The molecule has 2 aromatic rings. The van der Waals surface area contributed by atoms with Crippen LogP contribution in [0.15, 0.2) is 36.4 Å². The summed E-state index contributed by atoms with van der Waals surface area (Å²) in [6.45, 7) is -0.0669. The molecule has 0 bridgehead atoms. The highest BCUT2D eigenvalue weighted by Gasteiger charge is 2.46. The fourth-order valence-corrected chi connectivity index (χ4v) is 5.61. The molecule has 2 unspecified atom stereocenters. The Labute approximate surface area is 277 Å². The van der Waals surface area contributed by atoms with Crippen LogP contribution in [0.25, 0.3) is 0 Å². The van der Waals surface area contributed by atoms with Gasteiger partial charge in [-0.3, -0.25) is 63.6 Å². The number of nitrogens with one attached hydrogen (secondary N) is 2. The summed E-state index contributed by atoms with van der Waals surface area (Å²) in [5.74, 6) is -3.83. The van der Waals surface area contributed by atoms with Gasteiger partial charge in [0, 0.05) is 27.1 Å². The van der Waals surface area contributed by atoms with Gasteiger partial charge in [0.05, 0.1) is 22.3 Å². The molecule has 2 N–H and O–H groups in total. The second-order valence-corrected chi connectivity index (χ2v) is 11.0. The van der Waals surface area contributed by atoms with Gasteiger partial charge in [0.25, 0.3) is 23.6 Å². The Morgan fingerprint density at radius 3 is 1.51 bits per heavy atom. The Morgan fingerprint density at radius 1 is 0.673 bits per heavy atom. The van der Waals surface area contributed by atoms with Crippen LogP contribution in [0.4, 0.5) is 0 Å². The molecule has 2 aromatic carbocycles. The Hall–Kier alpha value is -5.81. The number of carbonyl (C=O) groups excluding carboxylic acids is 9. The van der Waals surface area contributed by atoms with Gasteiger partial charge in [0.2, 0.25) is 23.6 Å². The van der Waals surface area contributed by atoms with Crippen LogP contribution >= 0.6 is 0 Å². The molecule has 2 fully saturated rings. The molecule has 17 nitrogen and oxygen atoms in total. The van der Waals surface area contributed by atoms with Crippen LogP contribution in [0.1, 0.15) is 67.1 Å². The van der Waals surface area contributed by atoms with E-state index < -0.39 is 65.6 Å². The zero-order valence-corrected chi connectivity index (χ0v) is 26.2. The first-order valence-electron chi connectivity index (χ1n) is 14.9. The van der Waals surface area contributed by atoms with Crippen LogP contribution in [-0.2, 0) is 33.4 Å². The number of methoxy groups -OCH3 is 2. The first-order chi connectivity index (χ1) is 23.5. The summed E-state index contributed by atoms with van der Waals surface area (Å²) >= 11 is 0. The van der Waals surface area contributed by atoms with Crippen molar-refractivity contribution < 1.29 is 62.1 Å². The minimum atomic E-state index is -1.00. The summed E-state index contributed by atoms with van der Waals surface area (Å²) < 4.78 is 20.7. The number of fused-ring (bicyclic) bond motifs is 2. The fraction of sp³-hybridized carbons (Fsp3) is 0.344. The van der Waals surface area contributed by atoms with E-state index in [9.17, 15) is 43.2 Å². The molecule has 49 heavy (non-hydrogen) atoms. The van der Waals surface area contributed by atoms with E-state index >= 15 is 0 Å². The largest absolute Gasteiger partial charge is 0.488 e. The normalized spacial score (nSPS) is 20.1. The summed E-state index contributed by atoms with van der Waals surface area (Å²) in [4.78, 5) is 109. The predicted octanol–water partition coefficient (Wildman–Crippen LogP) is -0.249. The second kappa shape index (κ2) is 14.5. The van der Waals surface area contributed by atoms with Crippen molar-refractivity contribution in [2.75, 3.05) is 27.4 Å². The van der Waals surface area contributed by atoms with Gasteiger partial charge in [0.1, 0.15) is 36.8 Å². The SMILES string of the molecule is COC(COc1ccc2c(c1)C(=O)N(C1CCC(=O)NC1=O)C2=O)OC.O=CCOc1ccc2c(c1)C(=O)N(C1CCC(=O)NC1=O)C2=O. The number of imide groups is 4. The lowest BCUT2D eigenvalue weighted by atomic mass is 10.0. The number of rotatable bonds is 10. The van der Waals surface area contributed by atoms with Crippen LogP contribution in [0, 0.1) is 0 Å². The molecule has 0 spiro atoms. The molecule has 0 aliphatic carbocycles. The minimum absolute atomic E-state index is 0.0670. The van der Waals surface area contributed by atoms with Crippen LogP contribution < -0.4 is 20.1 Å². The average molecular weight is 679 g/mol. The van der Waals surface area contributed by atoms with E-state index in [2.05, 4.69) is 10.6 Å². The molecule has 8 amide bonds. The van der Waals surface area contributed by atoms with Crippen LogP contribution in [-0.4, -0.2) is 109 Å². The molecule has 4 aliphatic heterocycles. The summed E-state index contributed by atoms with van der Waals surface area (Å²) in [5.41, 5.74) is 0.631. The fourth-order valence-electron chi connectivity index (χ4n) is 5.61. The Bertz CT molecular complexity index is 1770. The highest BCUT2D eigenvalue weighted by atomic mass is 16.7. The van der Waals surface area contributed by atoms with E-state index in [1.54, 1.807) is 6.07 Å². The summed E-state index contributed by atoms with van der Waals surface area (Å²) in [5, 5.41) is 4.28. The lowest BCUT2D eigenvalue weighted by Gasteiger charge is -2.27. The van der Waals surface area contributed by atoms with Crippen LogP contribution in [0.3, 0.4) is 0 Å². The smallest absolute Gasteiger partial charge is 0.262 e. The number of carbonyl (C=O) groups is 9. The minimum Gasteiger partial charge on any atom is -0.488 e. The van der Waals surface area contributed by atoms with Gasteiger partial charge in [-0.1, -0.05) is 0 Å². The molecular weight excluding hydrogens is 648 g/mol. The third-order valence-corrected chi connectivity index (χ3v) is 8.05. The van der Waals surface area contributed by atoms with Crippen LogP contribution in [0.2, 0.25) is 0 Å². The maximum absolute atomic E-state index is 12.7. The predicted molar refractivity (Wildman–Crippen MR) is 161 cm³/mol. The summed E-state index contributed by atoms with van der Waals surface area (Å²) in [6, 6.07) is 6.75. The lowest BCUT2D eigenvalue weighted by Crippen LogP contribution is -2.54. The molecular formula is C32H30N4O13. The number of hydrogen-bond acceptors (Lipinski definition) is 13. The molecule has 256 valence electrons. The maximum atomic E-state index is 12.7. The van der Waals surface area contributed by atoms with E-state index in [1.807, 2.05) is 0 Å². The van der Waals surface area contributed by atoms with Crippen molar-refractivity contribution in [1.82, 2.24) is 20.4 Å². The van der Waals surface area contributed by atoms with Crippen molar-refractivity contribution in [3.8, 4) is 11.5 Å². The van der Waals surface area contributed by atoms with E-state index in [1.165, 1.54) is 44.6 Å². The Balaban J connectivity index is 0.000000192. The monoisotopic (exact) mass is 678 g/mol. The Kier molecular flexibility index (Phi) is 10.2. The van der Waals surface area contributed by atoms with Crippen molar-refractivity contribution in [3.05, 3.63) is 58.7 Å². The quantitative estimate of drug-likeness (QED) is 0.188. The number of aldehydes is 1. The number of ether oxygens (including phenoxy) is 4. The lowest BCUT2D eigenvalue weighted by molar-refractivity contribution is -0.137. The van der Waals surface area contributed by atoms with Gasteiger partial charge >= 0.3 is 0 Å². The van der Waals surface area contributed by atoms with Gasteiger partial charge in [-0.05, 0) is 49.2 Å². The highest BCUT2D eigenvalue weighted by molar-refractivity contribution is 6.24. The second-order valence-electron chi connectivity index (χ2n) is 11.0. The Morgan fingerprint density at radius 2 is 1.10 bits per heavy atom. The average Bonchev–Trinajstić information content (AvgIpc) is 3.48. The number of nitrogens with zero attached hydrogens (tertiary/aromatic N) is 2. The molecule has 6 rings (SSSR count). The molecule has 2 atom stereocenters. The molecule has 0 saturated carbocycles. The van der Waals surface area contributed by atoms with E-state index in [0.29, 0.717) is 12.0 Å². The van der Waals surface area contributed by atoms with Gasteiger partial charge in [-0.15, -0.1) is 0 Å². The van der Waals surface area contributed by atoms with Crippen molar-refractivity contribution in [2.45, 2.75) is 44.1 Å². The highest BCUT2D eigenvalue weighted by Crippen LogP contribution is 2.31. The third-order valence-electron chi connectivity index (χ3n) is 8.05. The van der Waals surface area contributed by atoms with E-state index in [0.717, 1.165) is 9.80 Å². The van der Waals surface area contributed by atoms with Gasteiger partial charge < -0.3 is 18.9 Å². The van der Waals surface area contributed by atoms with Crippen molar-refractivity contribution in [2.24, 2.45) is 0 Å². The third kappa shape index (κ3) is 6.93. The van der Waals surface area contributed by atoms with Crippen LogP contribution in [0.5, 0.6) is 11.5 Å². The van der Waals surface area contributed by atoms with Gasteiger partial charge in [0.15, 0.2) is 12.6 Å². The zero-order valence-electron chi connectivity index (χ0n) is 26.2.